The van der Waals surface area contributed by atoms with Crippen LogP contribution in [0.2, 0.25) is 0 Å². The minimum absolute atomic E-state index is 0.0479. The molecule has 2 unspecified atom stereocenters. The normalized spacial score (nSPS) is 18.6. The Morgan fingerprint density at radius 3 is 2.96 bits per heavy atom. The van der Waals surface area contributed by atoms with Crippen LogP contribution in [-0.2, 0) is 0 Å². The van der Waals surface area contributed by atoms with E-state index in [9.17, 15) is 5.11 Å². The summed E-state index contributed by atoms with van der Waals surface area (Å²) in [7, 11) is 2.02. The topological polar surface area (TPSA) is 65.6 Å². The smallest absolute Gasteiger partial charge is 0.134 e. The van der Waals surface area contributed by atoms with Gasteiger partial charge < -0.3 is 19.3 Å². The highest BCUT2D eigenvalue weighted by Gasteiger charge is 2.22. The van der Waals surface area contributed by atoms with E-state index in [4.69, 9.17) is 4.42 Å². The molecule has 27 heavy (non-hydrogen) atoms. The number of rotatable bonds is 5. The van der Waals surface area contributed by atoms with Gasteiger partial charge >= 0.3 is 0 Å². The van der Waals surface area contributed by atoms with Gasteiger partial charge in [-0.2, -0.15) is 0 Å². The van der Waals surface area contributed by atoms with Gasteiger partial charge in [0.2, 0.25) is 0 Å². The third-order valence-electron chi connectivity index (χ3n) is 5.54. The highest BCUT2D eigenvalue weighted by atomic mass is 16.3. The summed E-state index contributed by atoms with van der Waals surface area (Å²) in [6.45, 7) is 4.16. The first-order chi connectivity index (χ1) is 13.2. The molecule has 0 saturated carbocycles. The van der Waals surface area contributed by atoms with Gasteiger partial charge in [0.1, 0.15) is 29.3 Å². The zero-order valence-corrected chi connectivity index (χ0v) is 15.9. The lowest BCUT2D eigenvalue weighted by atomic mass is 9.99. The molecule has 1 N–H and O–H groups in total. The van der Waals surface area contributed by atoms with Crippen molar-refractivity contribution in [3.63, 3.8) is 0 Å². The summed E-state index contributed by atoms with van der Waals surface area (Å²) in [6, 6.07) is 12.2. The number of aliphatic hydroxyl groups excluding tert-OH is 1. The van der Waals surface area contributed by atoms with Crippen molar-refractivity contribution in [3.8, 4) is 0 Å². The lowest BCUT2D eigenvalue weighted by molar-refractivity contribution is 0.208. The van der Waals surface area contributed by atoms with E-state index >= 15 is 0 Å². The lowest BCUT2D eigenvalue weighted by Crippen LogP contribution is -2.37. The maximum Gasteiger partial charge on any atom is 0.134 e. The first kappa shape index (κ1) is 17.8. The van der Waals surface area contributed by atoms with Crippen LogP contribution >= 0.6 is 0 Å². The Bertz CT molecular complexity index is 877. The Morgan fingerprint density at radius 2 is 2.15 bits per heavy atom. The molecule has 1 aliphatic heterocycles. The summed E-state index contributed by atoms with van der Waals surface area (Å²) < 4.78 is 6.02. The van der Waals surface area contributed by atoms with E-state index in [1.165, 1.54) is 0 Å². The third-order valence-corrected chi connectivity index (χ3v) is 5.54. The number of furan rings is 1. The second kappa shape index (κ2) is 7.56. The molecule has 3 heterocycles. The van der Waals surface area contributed by atoms with Crippen molar-refractivity contribution in [3.05, 3.63) is 48.5 Å². The molecule has 2 aromatic heterocycles. The standard InChI is InChI=1S/C21H26N4O2/c1-15(19-10-17-7-3-4-8-18(17)27-19)24(2)20-11-21(23-14-22-20)25-9-5-6-16(12-25)13-26/h3-4,7-8,10-11,14-16,26H,5-6,9,12-13H2,1-2H3. The molecule has 0 spiro atoms. The van der Waals surface area contributed by atoms with Crippen molar-refractivity contribution >= 4 is 22.6 Å². The van der Waals surface area contributed by atoms with Gasteiger partial charge in [-0.3, -0.25) is 0 Å². The van der Waals surface area contributed by atoms with Crippen LogP contribution in [0.25, 0.3) is 11.0 Å². The van der Waals surface area contributed by atoms with Crippen molar-refractivity contribution in [1.82, 2.24) is 9.97 Å². The summed E-state index contributed by atoms with van der Waals surface area (Å²) in [4.78, 5) is 13.3. The van der Waals surface area contributed by atoms with Crippen LogP contribution in [-0.4, -0.2) is 41.8 Å². The molecule has 1 fully saturated rings. The molecule has 2 atom stereocenters. The summed E-state index contributed by atoms with van der Waals surface area (Å²) in [5.74, 6) is 3.02. The Balaban J connectivity index is 1.55. The van der Waals surface area contributed by atoms with Crippen LogP contribution in [0, 0.1) is 5.92 Å². The van der Waals surface area contributed by atoms with Crippen LogP contribution in [0.15, 0.2) is 47.1 Å². The molecule has 0 aliphatic carbocycles. The molecule has 1 aromatic carbocycles. The van der Waals surface area contributed by atoms with Gasteiger partial charge in [0, 0.05) is 38.2 Å². The van der Waals surface area contributed by atoms with Gasteiger partial charge in [0.15, 0.2) is 0 Å². The Morgan fingerprint density at radius 1 is 1.30 bits per heavy atom. The summed E-state index contributed by atoms with van der Waals surface area (Å²) in [5, 5.41) is 10.6. The van der Waals surface area contributed by atoms with E-state index < -0.39 is 0 Å². The van der Waals surface area contributed by atoms with E-state index in [0.717, 1.165) is 54.3 Å². The largest absolute Gasteiger partial charge is 0.459 e. The maximum atomic E-state index is 9.48. The van der Waals surface area contributed by atoms with Gasteiger partial charge in [-0.1, -0.05) is 18.2 Å². The van der Waals surface area contributed by atoms with Gasteiger partial charge in [-0.15, -0.1) is 0 Å². The molecule has 6 nitrogen and oxygen atoms in total. The van der Waals surface area contributed by atoms with Crippen molar-refractivity contribution in [2.24, 2.45) is 5.92 Å². The fourth-order valence-electron chi connectivity index (χ4n) is 3.72. The van der Waals surface area contributed by atoms with Crippen molar-refractivity contribution in [2.75, 3.05) is 36.5 Å². The lowest BCUT2D eigenvalue weighted by Gasteiger charge is -2.33. The average Bonchev–Trinajstić information content (AvgIpc) is 3.17. The fourth-order valence-corrected chi connectivity index (χ4v) is 3.72. The van der Waals surface area contributed by atoms with Gasteiger partial charge in [-0.25, -0.2) is 9.97 Å². The van der Waals surface area contributed by atoms with E-state index in [2.05, 4.69) is 38.8 Å². The Hall–Kier alpha value is -2.60. The van der Waals surface area contributed by atoms with E-state index in [-0.39, 0.29) is 12.6 Å². The molecule has 4 rings (SSSR count). The third kappa shape index (κ3) is 3.62. The predicted molar refractivity (Wildman–Crippen MR) is 107 cm³/mol. The maximum absolute atomic E-state index is 9.48. The number of anilines is 2. The number of aromatic nitrogens is 2. The molecular weight excluding hydrogens is 340 g/mol. The molecule has 0 amide bonds. The highest BCUT2D eigenvalue weighted by molar-refractivity contribution is 5.78. The second-order valence-corrected chi connectivity index (χ2v) is 7.34. The zero-order valence-electron chi connectivity index (χ0n) is 15.9. The quantitative estimate of drug-likeness (QED) is 0.744. The minimum atomic E-state index is 0.0479. The molecule has 1 saturated heterocycles. The highest BCUT2D eigenvalue weighted by Crippen LogP contribution is 2.30. The van der Waals surface area contributed by atoms with Crippen LogP contribution in [0.4, 0.5) is 11.6 Å². The Labute approximate surface area is 159 Å². The molecule has 6 heteroatoms. The number of hydrogen-bond donors (Lipinski definition) is 1. The molecule has 142 valence electrons. The van der Waals surface area contributed by atoms with Crippen LogP contribution in [0.5, 0.6) is 0 Å². The first-order valence-electron chi connectivity index (χ1n) is 9.55. The van der Waals surface area contributed by atoms with E-state index in [1.807, 2.05) is 31.3 Å². The molecule has 3 aromatic rings. The van der Waals surface area contributed by atoms with Crippen molar-refractivity contribution in [2.45, 2.75) is 25.8 Å². The van der Waals surface area contributed by atoms with Crippen LogP contribution in [0.3, 0.4) is 0 Å². The number of para-hydroxylation sites is 1. The fraction of sp³-hybridized carbons (Fsp3) is 0.429. The summed E-state index contributed by atoms with van der Waals surface area (Å²) >= 11 is 0. The van der Waals surface area contributed by atoms with Gasteiger partial charge in [0.25, 0.3) is 0 Å². The van der Waals surface area contributed by atoms with E-state index in [1.54, 1.807) is 6.33 Å². The second-order valence-electron chi connectivity index (χ2n) is 7.34. The van der Waals surface area contributed by atoms with Crippen molar-refractivity contribution < 1.29 is 9.52 Å². The average molecular weight is 366 g/mol. The molecule has 0 bridgehead atoms. The van der Waals surface area contributed by atoms with Gasteiger partial charge in [0.05, 0.1) is 6.04 Å². The zero-order chi connectivity index (χ0) is 18.8. The molecule has 0 radical (unpaired) electrons. The molecule has 1 aliphatic rings. The number of benzene rings is 1. The first-order valence-corrected chi connectivity index (χ1v) is 9.55. The number of fused-ring (bicyclic) bond motifs is 1. The monoisotopic (exact) mass is 366 g/mol. The van der Waals surface area contributed by atoms with Crippen molar-refractivity contribution in [1.29, 1.82) is 0 Å². The summed E-state index contributed by atoms with van der Waals surface area (Å²) in [6.07, 6.45) is 3.78. The number of hydrogen-bond acceptors (Lipinski definition) is 6. The summed E-state index contributed by atoms with van der Waals surface area (Å²) in [5.41, 5.74) is 0.902. The SMILES string of the molecule is CC(c1cc2ccccc2o1)N(C)c1cc(N2CCCC(CO)C2)ncn1. The predicted octanol–water partition coefficient (Wildman–Crippen LogP) is 3.63. The molecular formula is C21H26N4O2. The number of nitrogens with zero attached hydrogens (tertiary/aromatic N) is 4. The number of aliphatic hydroxyl groups is 1. The number of piperidine rings is 1. The van der Waals surface area contributed by atoms with Gasteiger partial charge in [-0.05, 0) is 37.8 Å². The van der Waals surface area contributed by atoms with E-state index in [0.29, 0.717) is 5.92 Å². The Kier molecular flexibility index (Phi) is 4.99. The van der Waals surface area contributed by atoms with Crippen LogP contribution in [0.1, 0.15) is 31.6 Å². The minimum Gasteiger partial charge on any atom is -0.459 e. The van der Waals surface area contributed by atoms with Crippen LogP contribution < -0.4 is 9.80 Å².